The third-order valence-corrected chi connectivity index (χ3v) is 1.71. The number of nitrogen functional groups attached to an aromatic ring is 1. The summed E-state index contributed by atoms with van der Waals surface area (Å²) in [5.41, 5.74) is 7.45. The summed E-state index contributed by atoms with van der Waals surface area (Å²) in [6.45, 7) is 0.920. The molecular weight excluding hydrogens is 204 g/mol. The summed E-state index contributed by atoms with van der Waals surface area (Å²) in [5, 5.41) is 4.15. The Hall–Kier alpha value is -0.700. The zero-order valence-corrected chi connectivity index (χ0v) is 7.76. The van der Waals surface area contributed by atoms with Crippen molar-refractivity contribution >= 4 is 27.3 Å². The fourth-order valence-corrected chi connectivity index (χ4v) is 1.04. The van der Waals surface area contributed by atoms with Gasteiger partial charge in [-0.3, -0.25) is 0 Å². The molecule has 2 nitrogen and oxygen atoms in total. The molecule has 0 radical (unpaired) electrons. The monoisotopic (exact) mass is 214 g/mol. The Labute approximate surface area is 74.9 Å². The number of anilines is 2. The van der Waals surface area contributed by atoms with Crippen LogP contribution in [0, 0.1) is 0 Å². The molecule has 0 saturated heterocycles. The summed E-state index contributed by atoms with van der Waals surface area (Å²) < 4.78 is 0. The summed E-state index contributed by atoms with van der Waals surface area (Å²) in [6, 6.07) is 7.73. The molecular formula is C8H11BrN2. The molecule has 0 aliphatic carbocycles. The van der Waals surface area contributed by atoms with Crippen molar-refractivity contribution < 1.29 is 0 Å². The standard InChI is InChI=1S/C8H11BrN2/c9-4-5-11-8-3-1-2-7(10)6-8/h1-3,6,11H,4-5,10H2. The first-order valence-corrected chi connectivity index (χ1v) is 4.60. The lowest BCUT2D eigenvalue weighted by Crippen LogP contribution is -2.02. The third-order valence-electron chi connectivity index (χ3n) is 1.31. The number of nitrogens with two attached hydrogens (primary N) is 1. The van der Waals surface area contributed by atoms with Gasteiger partial charge in [0, 0.05) is 23.2 Å². The van der Waals surface area contributed by atoms with E-state index in [0.717, 1.165) is 23.2 Å². The van der Waals surface area contributed by atoms with Crippen LogP contribution in [0.15, 0.2) is 24.3 Å². The first-order chi connectivity index (χ1) is 5.33. The first-order valence-electron chi connectivity index (χ1n) is 3.48. The van der Waals surface area contributed by atoms with Crippen LogP contribution in [-0.2, 0) is 0 Å². The van der Waals surface area contributed by atoms with Crippen molar-refractivity contribution in [1.29, 1.82) is 0 Å². The van der Waals surface area contributed by atoms with Crippen LogP contribution < -0.4 is 11.1 Å². The molecule has 3 N–H and O–H groups in total. The molecule has 1 aromatic carbocycles. The lowest BCUT2D eigenvalue weighted by Gasteiger charge is -2.03. The number of halogens is 1. The Morgan fingerprint density at radius 1 is 1.45 bits per heavy atom. The van der Waals surface area contributed by atoms with Crippen molar-refractivity contribution in [3.63, 3.8) is 0 Å². The largest absolute Gasteiger partial charge is 0.399 e. The van der Waals surface area contributed by atoms with Gasteiger partial charge in [0.05, 0.1) is 0 Å². The molecule has 11 heavy (non-hydrogen) atoms. The predicted octanol–water partition coefficient (Wildman–Crippen LogP) is 2.08. The van der Waals surface area contributed by atoms with Crippen LogP contribution >= 0.6 is 15.9 Å². The van der Waals surface area contributed by atoms with Gasteiger partial charge in [-0.2, -0.15) is 0 Å². The van der Waals surface area contributed by atoms with E-state index in [-0.39, 0.29) is 0 Å². The average molecular weight is 215 g/mol. The van der Waals surface area contributed by atoms with Gasteiger partial charge in [0.15, 0.2) is 0 Å². The van der Waals surface area contributed by atoms with Gasteiger partial charge in [0.2, 0.25) is 0 Å². The topological polar surface area (TPSA) is 38.0 Å². The van der Waals surface area contributed by atoms with E-state index in [1.54, 1.807) is 0 Å². The van der Waals surface area contributed by atoms with E-state index in [9.17, 15) is 0 Å². The molecule has 60 valence electrons. The highest BCUT2D eigenvalue weighted by atomic mass is 79.9. The Balaban J connectivity index is 2.56. The van der Waals surface area contributed by atoms with Gasteiger partial charge in [-0.05, 0) is 18.2 Å². The number of alkyl halides is 1. The van der Waals surface area contributed by atoms with E-state index in [1.165, 1.54) is 0 Å². The third kappa shape index (κ3) is 2.80. The van der Waals surface area contributed by atoms with Gasteiger partial charge in [0.1, 0.15) is 0 Å². The second-order valence-electron chi connectivity index (χ2n) is 2.24. The van der Waals surface area contributed by atoms with Crippen LogP contribution in [0.2, 0.25) is 0 Å². The predicted molar refractivity (Wildman–Crippen MR) is 53.1 cm³/mol. The SMILES string of the molecule is Nc1cccc(NCCBr)c1. The summed E-state index contributed by atoms with van der Waals surface area (Å²) in [5.74, 6) is 0. The molecule has 0 bridgehead atoms. The van der Waals surface area contributed by atoms with Crippen molar-refractivity contribution in [2.75, 3.05) is 22.9 Å². The average Bonchev–Trinajstić information content (AvgIpc) is 2.01. The van der Waals surface area contributed by atoms with Gasteiger partial charge in [-0.25, -0.2) is 0 Å². The summed E-state index contributed by atoms with van der Waals surface area (Å²) in [7, 11) is 0. The normalized spacial score (nSPS) is 9.55. The minimum Gasteiger partial charge on any atom is -0.399 e. The lowest BCUT2D eigenvalue weighted by atomic mass is 10.3. The van der Waals surface area contributed by atoms with Gasteiger partial charge >= 0.3 is 0 Å². The summed E-state index contributed by atoms with van der Waals surface area (Å²) in [6.07, 6.45) is 0. The molecule has 0 aliphatic heterocycles. The van der Waals surface area contributed by atoms with E-state index in [4.69, 9.17) is 5.73 Å². The number of nitrogens with one attached hydrogen (secondary N) is 1. The maximum atomic E-state index is 5.58. The van der Waals surface area contributed by atoms with Crippen molar-refractivity contribution in [2.45, 2.75) is 0 Å². The number of rotatable bonds is 3. The number of hydrogen-bond acceptors (Lipinski definition) is 2. The van der Waals surface area contributed by atoms with Crippen LogP contribution in [-0.4, -0.2) is 11.9 Å². The zero-order chi connectivity index (χ0) is 8.10. The molecule has 0 aromatic heterocycles. The fourth-order valence-electron chi connectivity index (χ4n) is 0.840. The first kappa shape index (κ1) is 8.40. The molecule has 1 rings (SSSR count). The molecule has 0 saturated carbocycles. The van der Waals surface area contributed by atoms with Gasteiger partial charge in [-0.15, -0.1) is 0 Å². The fraction of sp³-hybridized carbons (Fsp3) is 0.250. The molecule has 0 atom stereocenters. The van der Waals surface area contributed by atoms with E-state index in [2.05, 4.69) is 21.2 Å². The summed E-state index contributed by atoms with van der Waals surface area (Å²) >= 11 is 3.33. The quantitative estimate of drug-likeness (QED) is 0.598. The molecule has 1 aromatic rings. The van der Waals surface area contributed by atoms with E-state index in [0.29, 0.717) is 0 Å². The second-order valence-corrected chi connectivity index (χ2v) is 3.03. The van der Waals surface area contributed by atoms with Crippen molar-refractivity contribution in [3.05, 3.63) is 24.3 Å². The maximum absolute atomic E-state index is 5.58. The highest BCUT2D eigenvalue weighted by Crippen LogP contribution is 2.10. The van der Waals surface area contributed by atoms with Crippen LogP contribution in [0.1, 0.15) is 0 Å². The second kappa shape index (κ2) is 4.23. The van der Waals surface area contributed by atoms with Gasteiger partial charge in [-0.1, -0.05) is 22.0 Å². The zero-order valence-electron chi connectivity index (χ0n) is 6.18. The number of benzene rings is 1. The molecule has 0 aliphatic rings. The van der Waals surface area contributed by atoms with Crippen molar-refractivity contribution in [3.8, 4) is 0 Å². The molecule has 0 unspecified atom stereocenters. The van der Waals surface area contributed by atoms with Gasteiger partial charge in [0.25, 0.3) is 0 Å². The highest BCUT2D eigenvalue weighted by molar-refractivity contribution is 9.09. The van der Waals surface area contributed by atoms with Crippen molar-refractivity contribution in [1.82, 2.24) is 0 Å². The van der Waals surface area contributed by atoms with Gasteiger partial charge < -0.3 is 11.1 Å². The molecule has 0 spiro atoms. The highest BCUT2D eigenvalue weighted by Gasteiger charge is 1.89. The van der Waals surface area contributed by atoms with Crippen LogP contribution in [0.4, 0.5) is 11.4 Å². The minimum atomic E-state index is 0.796. The number of hydrogen-bond donors (Lipinski definition) is 2. The smallest absolute Gasteiger partial charge is 0.0361 e. The molecule has 3 heteroatoms. The Kier molecular flexibility index (Phi) is 3.23. The van der Waals surface area contributed by atoms with Crippen LogP contribution in [0.5, 0.6) is 0 Å². The molecule has 0 amide bonds. The maximum Gasteiger partial charge on any atom is 0.0361 e. The Morgan fingerprint density at radius 3 is 2.91 bits per heavy atom. The molecule has 0 fully saturated rings. The Morgan fingerprint density at radius 2 is 2.27 bits per heavy atom. The minimum absolute atomic E-state index is 0.796. The molecule has 0 heterocycles. The van der Waals surface area contributed by atoms with E-state index in [1.807, 2.05) is 24.3 Å². The van der Waals surface area contributed by atoms with Crippen LogP contribution in [0.25, 0.3) is 0 Å². The van der Waals surface area contributed by atoms with Crippen LogP contribution in [0.3, 0.4) is 0 Å². The summed E-state index contributed by atoms with van der Waals surface area (Å²) in [4.78, 5) is 0. The van der Waals surface area contributed by atoms with E-state index < -0.39 is 0 Å². The van der Waals surface area contributed by atoms with Crippen molar-refractivity contribution in [2.24, 2.45) is 0 Å². The Bertz CT molecular complexity index is 225. The lowest BCUT2D eigenvalue weighted by molar-refractivity contribution is 1.24. The van der Waals surface area contributed by atoms with E-state index >= 15 is 0 Å².